The molecule has 0 radical (unpaired) electrons. The molecule has 0 bridgehead atoms. The van der Waals surface area contributed by atoms with Crippen molar-refractivity contribution >= 4 is 41.1 Å². The molecule has 3 unspecified atom stereocenters. The first-order valence-corrected chi connectivity index (χ1v) is 13.4. The van der Waals surface area contributed by atoms with Crippen molar-refractivity contribution in [3.63, 3.8) is 0 Å². The fraction of sp³-hybridized carbons (Fsp3) is 0.429. The normalized spacial score (nSPS) is 24.2. The van der Waals surface area contributed by atoms with Crippen molar-refractivity contribution in [3.05, 3.63) is 56.3 Å². The monoisotopic (exact) mass is 567 g/mol. The molecule has 1 heterocycles. The Labute approximate surface area is 236 Å². The molecule has 40 heavy (non-hydrogen) atoms. The number of primary amides is 1. The third-order valence-corrected chi connectivity index (χ3v) is 8.84. The van der Waals surface area contributed by atoms with Gasteiger partial charge < -0.3 is 35.5 Å². The summed E-state index contributed by atoms with van der Waals surface area (Å²) < 4.78 is 2.29. The van der Waals surface area contributed by atoms with Gasteiger partial charge in [-0.3, -0.25) is 19.3 Å². The fourth-order valence-electron chi connectivity index (χ4n) is 6.74. The van der Waals surface area contributed by atoms with E-state index < -0.39 is 52.6 Å². The first-order valence-electron chi connectivity index (χ1n) is 13.0. The van der Waals surface area contributed by atoms with Gasteiger partial charge in [-0.2, -0.15) is 0 Å². The molecule has 12 heteroatoms. The number of Topliss-reactive ketones (excluding diaryl/α,β-unsaturated/α-hetero) is 2. The van der Waals surface area contributed by atoms with Crippen LogP contribution in [0.25, 0.3) is 5.76 Å². The quantitative estimate of drug-likeness (QED) is 0.207. The lowest BCUT2D eigenvalue weighted by molar-refractivity contribution is -0.136. The third kappa shape index (κ3) is 3.96. The number of hydrogen-bond donors (Lipinski definition) is 5. The molecule has 2 aromatic rings. The van der Waals surface area contributed by atoms with E-state index in [2.05, 4.69) is 4.98 Å². The van der Waals surface area contributed by atoms with E-state index in [1.165, 1.54) is 0 Å². The van der Waals surface area contributed by atoms with Gasteiger partial charge in [0.05, 0.1) is 24.1 Å². The maximum absolute atomic E-state index is 14.0. The summed E-state index contributed by atoms with van der Waals surface area (Å²) in [4.78, 5) is 46.1. The fourth-order valence-corrected chi connectivity index (χ4v) is 7.00. The first-order chi connectivity index (χ1) is 18.8. The van der Waals surface area contributed by atoms with Gasteiger partial charge in [0.25, 0.3) is 5.91 Å². The minimum Gasteiger partial charge on any atom is -0.510 e. The van der Waals surface area contributed by atoms with Crippen LogP contribution in [-0.4, -0.2) is 81.5 Å². The van der Waals surface area contributed by atoms with Crippen molar-refractivity contribution in [2.24, 2.45) is 23.5 Å². The van der Waals surface area contributed by atoms with Crippen molar-refractivity contribution in [1.29, 1.82) is 0 Å². The average molecular weight is 568 g/mol. The number of aromatic amines is 1. The number of nitrogens with zero attached hydrogens (tertiary/aromatic N) is 3. The lowest BCUT2D eigenvalue weighted by Gasteiger charge is -2.46. The predicted molar refractivity (Wildman–Crippen MR) is 151 cm³/mol. The smallest absolute Gasteiger partial charge is 0.255 e. The molecule has 1 saturated carbocycles. The van der Waals surface area contributed by atoms with Gasteiger partial charge in [-0.25, -0.2) is 0 Å². The van der Waals surface area contributed by atoms with Gasteiger partial charge in [-0.05, 0) is 69.5 Å². The van der Waals surface area contributed by atoms with Crippen molar-refractivity contribution in [2.75, 3.05) is 33.1 Å². The number of carbonyl (C=O) groups is 3. The summed E-state index contributed by atoms with van der Waals surface area (Å²) in [5, 5.41) is 34.0. The molecule has 1 fully saturated rings. The molecule has 3 aliphatic rings. The number of H-pyrrole nitrogens is 1. The van der Waals surface area contributed by atoms with E-state index in [0.29, 0.717) is 28.7 Å². The number of phenolic OH excluding ortho intramolecular Hbond substituents is 1. The van der Waals surface area contributed by atoms with E-state index in [0.717, 1.165) is 11.4 Å². The van der Waals surface area contributed by atoms with Crippen LogP contribution in [0, 0.1) is 29.4 Å². The van der Waals surface area contributed by atoms with Crippen molar-refractivity contribution < 1.29 is 29.7 Å². The summed E-state index contributed by atoms with van der Waals surface area (Å²) >= 11 is 5.39. The maximum Gasteiger partial charge on any atom is 0.255 e. The van der Waals surface area contributed by atoms with Gasteiger partial charge in [0.1, 0.15) is 22.8 Å². The van der Waals surface area contributed by atoms with Gasteiger partial charge >= 0.3 is 0 Å². The number of amides is 1. The van der Waals surface area contributed by atoms with E-state index >= 15 is 0 Å². The number of hydrogen-bond acceptors (Lipinski definition) is 9. The van der Waals surface area contributed by atoms with Crippen LogP contribution < -0.4 is 10.6 Å². The zero-order valence-electron chi connectivity index (χ0n) is 23.0. The highest BCUT2D eigenvalue weighted by Crippen LogP contribution is 2.52. The Hall–Kier alpha value is -3.90. The number of allylic oxidation sites excluding steroid dienone is 1. The summed E-state index contributed by atoms with van der Waals surface area (Å²) in [5.74, 6) is -5.93. The Morgan fingerprint density at radius 1 is 1.18 bits per heavy atom. The second-order valence-corrected chi connectivity index (χ2v) is 11.7. The number of nitrogens with two attached hydrogens (primary N) is 1. The van der Waals surface area contributed by atoms with Gasteiger partial charge in [-0.1, -0.05) is 0 Å². The Kier molecular flexibility index (Phi) is 6.66. The standard InChI is InChI=1S/C28H33N5O6S/c1-11-9-30-28(40)33(11)10-13-8-16(31(2)3)14-6-12-7-15-19(24(36)17(12)23(35)18(14)22(13)34)25(37)20(27(29)39)26(38)21(15)32(4)5/h8-9,12,15,19,21,34-35,38H,6-7,10H2,1-5H3,(H2,29,39)(H,30,40)/t12?,15?,19?,21-/m0/s1. The van der Waals surface area contributed by atoms with Crippen LogP contribution in [0.3, 0.4) is 0 Å². The number of imidazole rings is 1. The highest BCUT2D eigenvalue weighted by Gasteiger charge is 2.56. The summed E-state index contributed by atoms with van der Waals surface area (Å²) in [6, 6.07) is 1.08. The number of anilines is 1. The molecule has 0 aliphatic heterocycles. The summed E-state index contributed by atoms with van der Waals surface area (Å²) in [6.07, 6.45) is 2.39. The average Bonchev–Trinajstić information content (AvgIpc) is 3.16. The molecule has 1 amide bonds. The number of aromatic hydroxyl groups is 1. The number of aromatic nitrogens is 2. The summed E-state index contributed by atoms with van der Waals surface area (Å²) in [5.41, 5.74) is 7.87. The second-order valence-electron chi connectivity index (χ2n) is 11.3. The molecule has 6 N–H and O–H groups in total. The molecule has 212 valence electrons. The van der Waals surface area contributed by atoms with Crippen LogP contribution in [0.4, 0.5) is 5.69 Å². The topological polar surface area (TPSA) is 165 Å². The summed E-state index contributed by atoms with van der Waals surface area (Å²) in [6.45, 7) is 2.11. The molecule has 1 aromatic carbocycles. The molecule has 4 atom stereocenters. The van der Waals surface area contributed by atoms with Crippen molar-refractivity contribution in [1.82, 2.24) is 14.5 Å². The number of phenols is 1. The van der Waals surface area contributed by atoms with Crippen molar-refractivity contribution in [3.8, 4) is 5.75 Å². The van der Waals surface area contributed by atoms with E-state index in [-0.39, 0.29) is 29.2 Å². The number of fused-ring (bicyclic) bond motifs is 3. The Balaban J connectivity index is 1.69. The largest absolute Gasteiger partial charge is 0.510 e. The van der Waals surface area contributed by atoms with Gasteiger partial charge in [-0.15, -0.1) is 0 Å². The van der Waals surface area contributed by atoms with E-state index in [1.807, 2.05) is 36.6 Å². The molecule has 1 aromatic heterocycles. The number of aliphatic hydroxyl groups excluding tert-OH is 2. The van der Waals surface area contributed by atoms with Crippen LogP contribution in [0.1, 0.15) is 28.8 Å². The number of nitrogens with one attached hydrogen (secondary N) is 1. The van der Waals surface area contributed by atoms with Gasteiger partial charge in [0, 0.05) is 42.8 Å². The van der Waals surface area contributed by atoms with E-state index in [9.17, 15) is 29.7 Å². The number of benzene rings is 1. The highest BCUT2D eigenvalue weighted by molar-refractivity contribution is 7.71. The Morgan fingerprint density at radius 2 is 1.85 bits per heavy atom. The third-order valence-electron chi connectivity index (χ3n) is 8.51. The van der Waals surface area contributed by atoms with Crippen LogP contribution in [0.5, 0.6) is 5.75 Å². The SMILES string of the molecule is Cc1c[nH]c(=S)n1Cc1cc(N(C)C)c2c(c1O)C(O)=C1C(=O)C3C(=O)C(C(N)=O)=C(O)[C@@H](N(C)C)C3CC1C2. The van der Waals surface area contributed by atoms with Crippen LogP contribution in [-0.2, 0) is 27.3 Å². The molecule has 0 saturated heterocycles. The van der Waals surface area contributed by atoms with Crippen LogP contribution in [0.15, 0.2) is 29.2 Å². The maximum atomic E-state index is 14.0. The lowest BCUT2D eigenvalue weighted by atomic mass is 9.59. The lowest BCUT2D eigenvalue weighted by Crippen LogP contribution is -2.55. The molecule has 3 aliphatic carbocycles. The Morgan fingerprint density at radius 3 is 2.40 bits per heavy atom. The molecule has 11 nitrogen and oxygen atoms in total. The summed E-state index contributed by atoms with van der Waals surface area (Å²) in [7, 11) is 7.10. The minimum atomic E-state index is -1.29. The minimum absolute atomic E-state index is 0.0522. The number of aryl methyl sites for hydroxylation is 1. The van der Waals surface area contributed by atoms with E-state index in [1.54, 1.807) is 25.2 Å². The van der Waals surface area contributed by atoms with Gasteiger partial charge in [0.2, 0.25) is 0 Å². The number of ketones is 2. The molecule has 5 rings (SSSR count). The van der Waals surface area contributed by atoms with Crippen molar-refractivity contribution in [2.45, 2.75) is 32.4 Å². The predicted octanol–water partition coefficient (Wildman–Crippen LogP) is 2.13. The van der Waals surface area contributed by atoms with Gasteiger partial charge in [0.15, 0.2) is 16.3 Å². The zero-order valence-corrected chi connectivity index (χ0v) is 23.8. The number of carbonyl (C=O) groups excluding carboxylic acids is 3. The number of aliphatic hydroxyl groups is 2. The second kappa shape index (κ2) is 9.63. The number of rotatable bonds is 5. The van der Waals surface area contributed by atoms with E-state index in [4.69, 9.17) is 18.0 Å². The Bertz CT molecular complexity index is 1600. The zero-order chi connectivity index (χ0) is 29.4. The number of likely N-dealkylation sites (N-methyl/N-ethyl adjacent to an activating group) is 1. The first kappa shape index (κ1) is 27.7. The van der Waals surface area contributed by atoms with Crippen LogP contribution >= 0.6 is 12.2 Å². The molecular formula is C28H33N5O6S. The highest BCUT2D eigenvalue weighted by atomic mass is 32.1. The van der Waals surface area contributed by atoms with Crippen LogP contribution in [0.2, 0.25) is 0 Å². The molecular weight excluding hydrogens is 534 g/mol. The molecule has 0 spiro atoms.